The maximum Gasteiger partial charge on any atom is 0.127 e. The van der Waals surface area contributed by atoms with Crippen molar-refractivity contribution in [1.29, 1.82) is 0 Å². The van der Waals surface area contributed by atoms with E-state index < -0.39 is 0 Å². The molecule has 2 N–H and O–H groups in total. The van der Waals surface area contributed by atoms with Gasteiger partial charge in [-0.2, -0.15) is 0 Å². The molecule has 0 amide bonds. The quantitative estimate of drug-likeness (QED) is 0.798. The van der Waals surface area contributed by atoms with Gasteiger partial charge in [-0.15, -0.1) is 0 Å². The minimum atomic E-state index is -0.0510. The number of nitrogens with two attached hydrogens (primary N) is 1. The second-order valence-electron chi connectivity index (χ2n) is 5.36. The lowest BCUT2D eigenvalue weighted by Gasteiger charge is -2.26. The summed E-state index contributed by atoms with van der Waals surface area (Å²) in [4.78, 5) is 4.62. The molecular weight excluding hydrogens is 198 g/mol. The molecule has 2 aromatic rings. The highest BCUT2D eigenvalue weighted by Gasteiger charge is 2.26. The smallest absolute Gasteiger partial charge is 0.127 e. The summed E-state index contributed by atoms with van der Waals surface area (Å²) in [6, 6.07) is 8.07. The highest BCUT2D eigenvalue weighted by atomic mass is 15.1. The summed E-state index contributed by atoms with van der Waals surface area (Å²) in [5.74, 6) is 0.953. The molecule has 3 heteroatoms. The number of aromatic nitrogens is 2. The van der Waals surface area contributed by atoms with Gasteiger partial charge >= 0.3 is 0 Å². The van der Waals surface area contributed by atoms with Crippen molar-refractivity contribution in [3.8, 4) is 0 Å². The molecule has 1 aromatic heterocycles. The fourth-order valence-corrected chi connectivity index (χ4v) is 1.83. The van der Waals surface area contributed by atoms with Crippen LogP contribution in [0.15, 0.2) is 24.3 Å². The first-order valence-electron chi connectivity index (χ1n) is 5.58. The molecule has 0 spiro atoms. The van der Waals surface area contributed by atoms with Gasteiger partial charge in [0.2, 0.25) is 0 Å². The number of benzene rings is 1. The Labute approximate surface area is 96.3 Å². The Balaban J connectivity index is 2.58. The molecule has 0 aliphatic heterocycles. The number of nitrogens with zero attached hydrogens (tertiary/aromatic N) is 2. The van der Waals surface area contributed by atoms with Crippen molar-refractivity contribution in [3.05, 3.63) is 30.1 Å². The number of hydrogen-bond acceptors (Lipinski definition) is 2. The lowest BCUT2D eigenvalue weighted by molar-refractivity contribution is 0.311. The van der Waals surface area contributed by atoms with E-state index in [2.05, 4.69) is 36.4 Å². The Hall–Kier alpha value is -1.35. The molecule has 86 valence electrons. The zero-order valence-corrected chi connectivity index (χ0v) is 10.4. The zero-order valence-electron chi connectivity index (χ0n) is 10.4. The molecule has 0 unspecified atom stereocenters. The van der Waals surface area contributed by atoms with Crippen LogP contribution in [0, 0.1) is 5.41 Å². The molecule has 3 nitrogen and oxygen atoms in total. The van der Waals surface area contributed by atoms with Crippen LogP contribution in [-0.2, 0) is 7.05 Å². The third kappa shape index (κ3) is 1.71. The van der Waals surface area contributed by atoms with E-state index in [-0.39, 0.29) is 11.5 Å². The maximum absolute atomic E-state index is 6.25. The van der Waals surface area contributed by atoms with Crippen LogP contribution in [0.3, 0.4) is 0 Å². The van der Waals surface area contributed by atoms with Crippen LogP contribution in [-0.4, -0.2) is 9.55 Å². The summed E-state index contributed by atoms with van der Waals surface area (Å²) in [6.45, 7) is 6.41. The SMILES string of the molecule is Cn1c([C@H](N)C(C)(C)C)nc2ccccc21. The molecule has 0 aliphatic rings. The van der Waals surface area contributed by atoms with Crippen molar-refractivity contribution in [2.45, 2.75) is 26.8 Å². The minimum Gasteiger partial charge on any atom is -0.330 e. The predicted octanol–water partition coefficient (Wildman–Crippen LogP) is 2.62. The van der Waals surface area contributed by atoms with E-state index in [1.54, 1.807) is 0 Å². The van der Waals surface area contributed by atoms with Gasteiger partial charge in [0.05, 0.1) is 17.1 Å². The van der Waals surface area contributed by atoms with Crippen molar-refractivity contribution < 1.29 is 0 Å². The normalized spacial score (nSPS) is 14.3. The first-order valence-corrected chi connectivity index (χ1v) is 5.58. The Morgan fingerprint density at radius 3 is 2.44 bits per heavy atom. The zero-order chi connectivity index (χ0) is 11.9. The third-order valence-corrected chi connectivity index (χ3v) is 3.03. The monoisotopic (exact) mass is 217 g/mol. The average molecular weight is 217 g/mol. The first-order chi connectivity index (χ1) is 7.41. The van der Waals surface area contributed by atoms with E-state index in [1.165, 1.54) is 0 Å². The van der Waals surface area contributed by atoms with E-state index >= 15 is 0 Å². The van der Waals surface area contributed by atoms with Crippen LogP contribution < -0.4 is 5.73 Å². The van der Waals surface area contributed by atoms with E-state index in [0.717, 1.165) is 16.9 Å². The highest BCUT2D eigenvalue weighted by molar-refractivity contribution is 5.75. The average Bonchev–Trinajstić information content (AvgIpc) is 2.54. The Morgan fingerprint density at radius 2 is 1.88 bits per heavy atom. The maximum atomic E-state index is 6.25. The van der Waals surface area contributed by atoms with Crippen LogP contribution in [0.4, 0.5) is 0 Å². The highest BCUT2D eigenvalue weighted by Crippen LogP contribution is 2.31. The van der Waals surface area contributed by atoms with Gasteiger partial charge in [0.15, 0.2) is 0 Å². The third-order valence-electron chi connectivity index (χ3n) is 3.03. The summed E-state index contributed by atoms with van der Waals surface area (Å²) >= 11 is 0. The number of rotatable bonds is 1. The molecule has 0 bridgehead atoms. The fraction of sp³-hybridized carbons (Fsp3) is 0.462. The molecule has 0 radical (unpaired) electrons. The van der Waals surface area contributed by atoms with Crippen molar-refractivity contribution in [2.24, 2.45) is 18.2 Å². The largest absolute Gasteiger partial charge is 0.330 e. The number of para-hydroxylation sites is 2. The Bertz CT molecular complexity index is 505. The van der Waals surface area contributed by atoms with Crippen molar-refractivity contribution in [3.63, 3.8) is 0 Å². The number of fused-ring (bicyclic) bond motifs is 1. The second-order valence-corrected chi connectivity index (χ2v) is 5.36. The van der Waals surface area contributed by atoms with Crippen molar-refractivity contribution in [2.75, 3.05) is 0 Å². The number of hydrogen-bond donors (Lipinski definition) is 1. The first kappa shape index (κ1) is 11.1. The van der Waals surface area contributed by atoms with Gasteiger partial charge in [0, 0.05) is 7.05 Å². The molecule has 16 heavy (non-hydrogen) atoms. The standard InChI is InChI=1S/C13H19N3/c1-13(2,3)11(14)12-15-9-7-5-6-8-10(9)16(12)4/h5-8,11H,14H2,1-4H3/t11-/m0/s1. The van der Waals surface area contributed by atoms with Crippen LogP contribution in [0.5, 0.6) is 0 Å². The molecule has 0 aliphatic carbocycles. The van der Waals surface area contributed by atoms with E-state index in [1.807, 2.05) is 25.2 Å². The van der Waals surface area contributed by atoms with Gasteiger partial charge < -0.3 is 10.3 Å². The summed E-state index contributed by atoms with van der Waals surface area (Å²) in [5.41, 5.74) is 8.43. The fourth-order valence-electron chi connectivity index (χ4n) is 1.83. The molecule has 2 rings (SSSR count). The molecule has 0 saturated heterocycles. The summed E-state index contributed by atoms with van der Waals surface area (Å²) < 4.78 is 2.09. The predicted molar refractivity (Wildman–Crippen MR) is 67.1 cm³/mol. The molecule has 1 aromatic carbocycles. The number of imidazole rings is 1. The van der Waals surface area contributed by atoms with Gasteiger partial charge in [-0.05, 0) is 17.5 Å². The Kier molecular flexibility index (Phi) is 2.50. The van der Waals surface area contributed by atoms with Crippen molar-refractivity contribution >= 4 is 11.0 Å². The molecular formula is C13H19N3. The van der Waals surface area contributed by atoms with Gasteiger partial charge in [0.25, 0.3) is 0 Å². The minimum absolute atomic E-state index is 0.0230. The summed E-state index contributed by atoms with van der Waals surface area (Å²) in [6.07, 6.45) is 0. The molecule has 1 heterocycles. The lowest BCUT2D eigenvalue weighted by atomic mass is 9.87. The summed E-state index contributed by atoms with van der Waals surface area (Å²) in [5, 5.41) is 0. The topological polar surface area (TPSA) is 43.8 Å². The van der Waals surface area contributed by atoms with E-state index in [0.29, 0.717) is 0 Å². The Morgan fingerprint density at radius 1 is 1.25 bits per heavy atom. The van der Waals surface area contributed by atoms with Gasteiger partial charge in [0.1, 0.15) is 5.82 Å². The van der Waals surface area contributed by atoms with Crippen LogP contribution in [0.1, 0.15) is 32.6 Å². The van der Waals surface area contributed by atoms with E-state index in [9.17, 15) is 0 Å². The van der Waals surface area contributed by atoms with Gasteiger partial charge in [-0.25, -0.2) is 4.98 Å². The molecule has 0 saturated carbocycles. The molecule has 1 atom stereocenters. The lowest BCUT2D eigenvalue weighted by Crippen LogP contribution is -2.28. The van der Waals surface area contributed by atoms with Crippen LogP contribution >= 0.6 is 0 Å². The van der Waals surface area contributed by atoms with Gasteiger partial charge in [-0.1, -0.05) is 32.9 Å². The molecule has 0 fully saturated rings. The van der Waals surface area contributed by atoms with Gasteiger partial charge in [-0.3, -0.25) is 0 Å². The van der Waals surface area contributed by atoms with E-state index in [4.69, 9.17) is 5.73 Å². The van der Waals surface area contributed by atoms with Crippen molar-refractivity contribution in [1.82, 2.24) is 9.55 Å². The van der Waals surface area contributed by atoms with Crippen LogP contribution in [0.2, 0.25) is 0 Å². The second kappa shape index (κ2) is 3.59. The summed E-state index contributed by atoms with van der Waals surface area (Å²) in [7, 11) is 2.02. The van der Waals surface area contributed by atoms with Crippen LogP contribution in [0.25, 0.3) is 11.0 Å². The number of aryl methyl sites for hydroxylation is 1.